The molecular weight excluding hydrogens is 432 g/mol. The molecule has 1 saturated carbocycles. The van der Waals surface area contributed by atoms with Gasteiger partial charge in [0.1, 0.15) is 0 Å². The molecule has 0 nitrogen and oxygen atoms in total. The van der Waals surface area contributed by atoms with Crippen molar-refractivity contribution in [3.63, 3.8) is 0 Å². The summed E-state index contributed by atoms with van der Waals surface area (Å²) in [5.41, 5.74) is 8.85. The molecule has 4 aliphatic rings. The Balaban J connectivity index is 1.62. The molecule has 0 saturated heterocycles. The molecule has 0 spiro atoms. The number of benzene rings is 2. The first-order chi connectivity index (χ1) is 17.5. The van der Waals surface area contributed by atoms with E-state index in [9.17, 15) is 0 Å². The summed E-state index contributed by atoms with van der Waals surface area (Å²) in [7, 11) is 0. The van der Waals surface area contributed by atoms with Gasteiger partial charge in [-0.3, -0.25) is 0 Å². The highest BCUT2D eigenvalue weighted by atomic mass is 14.6. The predicted molar refractivity (Wildman–Crippen MR) is 153 cm³/mol. The first-order valence-corrected chi connectivity index (χ1v) is 13.4. The van der Waals surface area contributed by atoms with Crippen LogP contribution in [0.5, 0.6) is 0 Å². The van der Waals surface area contributed by atoms with Gasteiger partial charge in [0.05, 0.1) is 0 Å². The lowest BCUT2D eigenvalue weighted by Crippen LogP contribution is -2.49. The molecule has 0 N–H and O–H groups in total. The standard InChI is InChI=1S/C36H36/c1-26-23-35(3)25-36(31-20-8-5-9-21-31,33(26)22-28-14-10-11-15-28)24-32(30-18-12-13-19-30)34(35)27(2)29-16-6-4-7-17-29/h4-23,28,30,32H,24-25H2,1-3H3/b33-22-,34-27+/t32-,35+,36+/m1/s1. The maximum Gasteiger partial charge on any atom is 0.0219 e. The van der Waals surface area contributed by atoms with Gasteiger partial charge in [-0.15, -0.1) is 0 Å². The van der Waals surface area contributed by atoms with E-state index in [0.29, 0.717) is 17.8 Å². The lowest BCUT2D eigenvalue weighted by Gasteiger charge is -2.57. The zero-order valence-corrected chi connectivity index (χ0v) is 21.7. The van der Waals surface area contributed by atoms with Crippen molar-refractivity contribution in [2.75, 3.05) is 0 Å². The van der Waals surface area contributed by atoms with Crippen LogP contribution in [0.25, 0.3) is 5.57 Å². The molecule has 0 aliphatic heterocycles. The number of rotatable bonds is 4. The molecule has 2 aromatic rings. The maximum atomic E-state index is 2.61. The van der Waals surface area contributed by atoms with Gasteiger partial charge in [0.2, 0.25) is 0 Å². The van der Waals surface area contributed by atoms with Crippen molar-refractivity contribution in [1.82, 2.24) is 0 Å². The summed E-state index contributed by atoms with van der Waals surface area (Å²) in [6.07, 6.45) is 25.8. The van der Waals surface area contributed by atoms with E-state index < -0.39 is 0 Å². The minimum Gasteiger partial charge on any atom is -0.0770 e. The molecule has 36 heavy (non-hydrogen) atoms. The SMILES string of the molecule is CC1=C[C@@]2(C)C[C@](c3ccccc3)(C[C@H](C3C=CC=C3)/C2=C(/C)c2ccccc2)/C1=C\C1C=CC=C1. The number of hydrogen-bond acceptors (Lipinski definition) is 0. The van der Waals surface area contributed by atoms with Crippen LogP contribution in [-0.4, -0.2) is 0 Å². The average Bonchev–Trinajstić information content (AvgIpc) is 3.61. The zero-order valence-electron chi connectivity index (χ0n) is 21.7. The lowest BCUT2D eigenvalue weighted by atomic mass is 9.46. The van der Waals surface area contributed by atoms with E-state index in [4.69, 9.17) is 0 Å². The first-order valence-electron chi connectivity index (χ1n) is 13.4. The Hall–Kier alpha value is -3.38. The smallest absolute Gasteiger partial charge is 0.0219 e. The van der Waals surface area contributed by atoms with Crippen molar-refractivity contribution in [3.8, 4) is 0 Å². The topological polar surface area (TPSA) is 0 Å². The summed E-state index contributed by atoms with van der Waals surface area (Å²) in [5, 5.41) is 0. The average molecular weight is 469 g/mol. The van der Waals surface area contributed by atoms with Gasteiger partial charge in [-0.05, 0) is 54.9 Å². The molecule has 0 radical (unpaired) electrons. The predicted octanol–water partition coefficient (Wildman–Crippen LogP) is 9.19. The van der Waals surface area contributed by atoms with Gasteiger partial charge in [0.15, 0.2) is 0 Å². The summed E-state index contributed by atoms with van der Waals surface area (Å²) in [6.45, 7) is 7.23. The Morgan fingerprint density at radius 1 is 0.833 bits per heavy atom. The molecule has 0 heteroatoms. The highest BCUT2D eigenvalue weighted by Gasteiger charge is 2.55. The Kier molecular flexibility index (Phi) is 5.72. The third-order valence-electron chi connectivity index (χ3n) is 9.02. The van der Waals surface area contributed by atoms with E-state index in [1.165, 1.54) is 27.8 Å². The zero-order chi connectivity index (χ0) is 24.8. The largest absolute Gasteiger partial charge is 0.0770 e. The van der Waals surface area contributed by atoms with E-state index in [1.54, 1.807) is 5.57 Å². The summed E-state index contributed by atoms with van der Waals surface area (Å²) in [6, 6.07) is 22.4. The van der Waals surface area contributed by atoms with Crippen LogP contribution in [0.4, 0.5) is 0 Å². The number of allylic oxidation sites excluding steroid dienone is 14. The van der Waals surface area contributed by atoms with Gasteiger partial charge in [0.25, 0.3) is 0 Å². The molecule has 4 aliphatic carbocycles. The van der Waals surface area contributed by atoms with Crippen molar-refractivity contribution >= 4 is 5.57 Å². The quantitative estimate of drug-likeness (QED) is 0.419. The first kappa shape index (κ1) is 23.0. The third-order valence-corrected chi connectivity index (χ3v) is 9.02. The van der Waals surface area contributed by atoms with Crippen LogP contribution in [0.3, 0.4) is 0 Å². The second-order valence-corrected chi connectivity index (χ2v) is 11.4. The van der Waals surface area contributed by atoms with Crippen molar-refractivity contribution < 1.29 is 0 Å². The Labute approximate surface area is 216 Å². The summed E-state index contributed by atoms with van der Waals surface area (Å²) < 4.78 is 0. The van der Waals surface area contributed by atoms with Crippen LogP contribution in [0, 0.1) is 23.2 Å². The van der Waals surface area contributed by atoms with E-state index >= 15 is 0 Å². The van der Waals surface area contributed by atoms with E-state index in [0.717, 1.165) is 12.8 Å². The minimum absolute atomic E-state index is 0.00544. The Morgan fingerprint density at radius 2 is 1.44 bits per heavy atom. The second-order valence-electron chi connectivity index (χ2n) is 11.4. The van der Waals surface area contributed by atoms with Gasteiger partial charge < -0.3 is 0 Å². The molecule has 0 unspecified atom stereocenters. The van der Waals surface area contributed by atoms with Crippen LogP contribution in [-0.2, 0) is 5.41 Å². The molecule has 180 valence electrons. The fourth-order valence-electron chi connectivity index (χ4n) is 7.73. The van der Waals surface area contributed by atoms with Crippen LogP contribution in [0.15, 0.2) is 138 Å². The van der Waals surface area contributed by atoms with Crippen LogP contribution < -0.4 is 0 Å². The van der Waals surface area contributed by atoms with Gasteiger partial charge in [-0.1, -0.05) is 139 Å². The van der Waals surface area contributed by atoms with Crippen molar-refractivity contribution in [2.45, 2.75) is 39.0 Å². The van der Waals surface area contributed by atoms with E-state index in [1.807, 2.05) is 0 Å². The molecule has 0 amide bonds. The van der Waals surface area contributed by atoms with E-state index in [2.05, 4.69) is 142 Å². The maximum absolute atomic E-state index is 2.61. The fraction of sp³-hybridized carbons (Fsp3) is 0.278. The Bertz CT molecular complexity index is 1330. The molecule has 0 aromatic heterocycles. The Morgan fingerprint density at radius 3 is 2.11 bits per heavy atom. The summed E-state index contributed by atoms with van der Waals surface area (Å²) >= 11 is 0. The highest BCUT2D eigenvalue weighted by molar-refractivity contribution is 5.71. The van der Waals surface area contributed by atoms with Crippen molar-refractivity contribution in [3.05, 3.63) is 149 Å². The van der Waals surface area contributed by atoms with Crippen LogP contribution in [0.1, 0.15) is 44.7 Å². The minimum atomic E-state index is -0.00820. The third kappa shape index (κ3) is 3.75. The molecule has 6 rings (SSSR count). The van der Waals surface area contributed by atoms with Crippen molar-refractivity contribution in [2.24, 2.45) is 23.2 Å². The normalized spacial score (nSPS) is 31.9. The van der Waals surface area contributed by atoms with Crippen molar-refractivity contribution in [1.29, 1.82) is 0 Å². The molecule has 3 atom stereocenters. The molecule has 1 fully saturated rings. The molecular formula is C36H36. The second kappa shape index (κ2) is 8.93. The lowest BCUT2D eigenvalue weighted by molar-refractivity contribution is 0.191. The van der Waals surface area contributed by atoms with Crippen LogP contribution >= 0.6 is 0 Å². The molecule has 2 aromatic carbocycles. The molecule has 0 heterocycles. The summed E-state index contributed by atoms with van der Waals surface area (Å²) in [4.78, 5) is 0. The van der Waals surface area contributed by atoms with Gasteiger partial charge in [-0.25, -0.2) is 0 Å². The fourth-order valence-corrected chi connectivity index (χ4v) is 7.73. The number of fused-ring (bicyclic) bond motifs is 2. The van der Waals surface area contributed by atoms with Gasteiger partial charge >= 0.3 is 0 Å². The summed E-state index contributed by atoms with van der Waals surface area (Å²) in [5.74, 6) is 1.25. The van der Waals surface area contributed by atoms with Gasteiger partial charge in [-0.2, -0.15) is 0 Å². The number of hydrogen-bond donors (Lipinski definition) is 0. The highest BCUT2D eigenvalue weighted by Crippen LogP contribution is 2.64. The van der Waals surface area contributed by atoms with Gasteiger partial charge in [0, 0.05) is 22.7 Å². The van der Waals surface area contributed by atoms with E-state index in [-0.39, 0.29) is 10.8 Å². The molecule has 2 bridgehead atoms. The monoisotopic (exact) mass is 468 g/mol. The van der Waals surface area contributed by atoms with Crippen LogP contribution in [0.2, 0.25) is 0 Å².